The molecule has 3 nitrogen and oxygen atoms in total. The van der Waals surface area contributed by atoms with Crippen LogP contribution in [-0.2, 0) is 0 Å². The summed E-state index contributed by atoms with van der Waals surface area (Å²) in [5.74, 6) is 0.833. The summed E-state index contributed by atoms with van der Waals surface area (Å²) in [7, 11) is 0. The Kier molecular flexibility index (Phi) is 5.22. The number of anilines is 1. The van der Waals surface area contributed by atoms with Gasteiger partial charge in [0.2, 0.25) is 0 Å². The first-order chi connectivity index (χ1) is 10.1. The van der Waals surface area contributed by atoms with Crippen LogP contribution in [0.25, 0.3) is 0 Å². The number of rotatable bonds is 6. The number of Topliss-reactive ketones (excluding diaryl/α,β-unsaturated/α-hetero) is 1. The third-order valence-electron chi connectivity index (χ3n) is 2.84. The molecular formula is C16H16FNO2S. The topological polar surface area (TPSA) is 52.3 Å². The molecule has 0 aromatic heterocycles. The van der Waals surface area contributed by atoms with Gasteiger partial charge in [0, 0.05) is 16.3 Å². The number of carbonyl (C=O) groups is 1. The zero-order valence-electron chi connectivity index (χ0n) is 11.6. The van der Waals surface area contributed by atoms with E-state index in [-0.39, 0.29) is 11.6 Å². The largest absolute Gasteiger partial charge is 0.492 e. The number of carbonyl (C=O) groups excluding carboxylic acids is 1. The quantitative estimate of drug-likeness (QED) is 0.382. The zero-order valence-corrected chi connectivity index (χ0v) is 12.5. The molecule has 2 rings (SSSR count). The maximum absolute atomic E-state index is 13.1. The minimum atomic E-state index is -0.311. The van der Waals surface area contributed by atoms with Gasteiger partial charge in [-0.25, -0.2) is 4.39 Å². The fraction of sp³-hybridized carbons (Fsp3) is 0.188. The minimum Gasteiger partial charge on any atom is -0.492 e. The third kappa shape index (κ3) is 4.23. The summed E-state index contributed by atoms with van der Waals surface area (Å²) in [4.78, 5) is 12.2. The molecule has 21 heavy (non-hydrogen) atoms. The van der Waals surface area contributed by atoms with Gasteiger partial charge in [0.05, 0.1) is 12.2 Å². The summed E-state index contributed by atoms with van der Waals surface area (Å²) < 4.78 is 18.7. The third-order valence-corrected chi connectivity index (χ3v) is 3.88. The number of para-hydroxylation sites is 1. The van der Waals surface area contributed by atoms with Gasteiger partial charge in [-0.05, 0) is 37.3 Å². The van der Waals surface area contributed by atoms with Crippen LogP contribution in [0, 0.1) is 5.82 Å². The van der Waals surface area contributed by atoms with Gasteiger partial charge in [-0.3, -0.25) is 4.79 Å². The van der Waals surface area contributed by atoms with Gasteiger partial charge in [-0.15, -0.1) is 11.8 Å². The molecule has 2 aromatic carbocycles. The number of nitrogens with two attached hydrogens (primary N) is 1. The van der Waals surface area contributed by atoms with Crippen LogP contribution < -0.4 is 10.5 Å². The van der Waals surface area contributed by atoms with E-state index in [0.717, 1.165) is 0 Å². The van der Waals surface area contributed by atoms with Crippen LogP contribution in [0.2, 0.25) is 0 Å². The molecule has 0 saturated heterocycles. The highest BCUT2D eigenvalue weighted by Gasteiger charge is 2.07. The number of benzene rings is 2. The number of ketones is 1. The van der Waals surface area contributed by atoms with Gasteiger partial charge < -0.3 is 10.5 Å². The van der Waals surface area contributed by atoms with Crippen molar-refractivity contribution in [2.75, 3.05) is 18.1 Å². The summed E-state index contributed by atoms with van der Waals surface area (Å²) >= 11 is 1.42. The molecular weight excluding hydrogens is 289 g/mol. The standard InChI is InChI=1S/C16H16FNO2S/c1-11(19)13-4-2-3-5-15(13)20-8-9-21-16-10-12(17)6-7-14(16)18/h2-7,10H,8-9,18H2,1H3. The first-order valence-corrected chi connectivity index (χ1v) is 7.47. The molecule has 0 amide bonds. The number of hydrogen-bond acceptors (Lipinski definition) is 4. The van der Waals surface area contributed by atoms with Crippen LogP contribution in [0.4, 0.5) is 10.1 Å². The number of thioether (sulfide) groups is 1. The predicted octanol–water partition coefficient (Wildman–Crippen LogP) is 3.78. The molecule has 0 saturated carbocycles. The van der Waals surface area contributed by atoms with Gasteiger partial charge in [-0.2, -0.15) is 0 Å². The fourth-order valence-corrected chi connectivity index (χ4v) is 2.64. The second-order valence-corrected chi connectivity index (χ2v) is 5.57. The van der Waals surface area contributed by atoms with Gasteiger partial charge >= 0.3 is 0 Å². The summed E-state index contributed by atoms with van der Waals surface area (Å²) in [5.41, 5.74) is 6.88. The Hall–Kier alpha value is -2.01. The van der Waals surface area contributed by atoms with Crippen LogP contribution >= 0.6 is 11.8 Å². The average Bonchev–Trinajstić information content (AvgIpc) is 2.47. The second-order valence-electron chi connectivity index (χ2n) is 4.43. The van der Waals surface area contributed by atoms with Crippen molar-refractivity contribution in [3.63, 3.8) is 0 Å². The van der Waals surface area contributed by atoms with E-state index in [4.69, 9.17) is 10.5 Å². The predicted molar refractivity (Wildman–Crippen MR) is 83.5 cm³/mol. The Balaban J connectivity index is 1.91. The second kappa shape index (κ2) is 7.13. The SMILES string of the molecule is CC(=O)c1ccccc1OCCSc1cc(F)ccc1N. The van der Waals surface area contributed by atoms with Crippen molar-refractivity contribution >= 4 is 23.2 Å². The lowest BCUT2D eigenvalue weighted by atomic mass is 10.1. The normalized spacial score (nSPS) is 10.4. The monoisotopic (exact) mass is 305 g/mol. The summed E-state index contributed by atoms with van der Waals surface area (Å²) in [5, 5.41) is 0. The van der Waals surface area contributed by atoms with E-state index >= 15 is 0 Å². The highest BCUT2D eigenvalue weighted by atomic mass is 32.2. The number of hydrogen-bond donors (Lipinski definition) is 1. The lowest BCUT2D eigenvalue weighted by Crippen LogP contribution is -2.04. The maximum atomic E-state index is 13.1. The van der Waals surface area contributed by atoms with Crippen LogP contribution in [0.5, 0.6) is 5.75 Å². The van der Waals surface area contributed by atoms with Crippen molar-refractivity contribution < 1.29 is 13.9 Å². The van der Waals surface area contributed by atoms with Crippen molar-refractivity contribution in [3.05, 3.63) is 53.8 Å². The highest BCUT2D eigenvalue weighted by Crippen LogP contribution is 2.26. The Morgan fingerprint density at radius 1 is 1.29 bits per heavy atom. The summed E-state index contributed by atoms with van der Waals surface area (Å²) in [6.07, 6.45) is 0. The van der Waals surface area contributed by atoms with Crippen LogP contribution in [-0.4, -0.2) is 18.1 Å². The van der Waals surface area contributed by atoms with E-state index in [1.807, 2.05) is 6.07 Å². The molecule has 0 heterocycles. The van der Waals surface area contributed by atoms with E-state index in [1.54, 1.807) is 24.3 Å². The van der Waals surface area contributed by atoms with E-state index in [9.17, 15) is 9.18 Å². The van der Waals surface area contributed by atoms with Crippen molar-refractivity contribution in [1.29, 1.82) is 0 Å². The van der Waals surface area contributed by atoms with Crippen molar-refractivity contribution in [1.82, 2.24) is 0 Å². The van der Waals surface area contributed by atoms with Crippen LogP contribution in [0.15, 0.2) is 47.4 Å². The summed E-state index contributed by atoms with van der Waals surface area (Å²) in [6, 6.07) is 11.4. The maximum Gasteiger partial charge on any atom is 0.163 e. The molecule has 0 aliphatic heterocycles. The van der Waals surface area contributed by atoms with Crippen LogP contribution in [0.3, 0.4) is 0 Å². The molecule has 0 spiro atoms. The van der Waals surface area contributed by atoms with Crippen LogP contribution in [0.1, 0.15) is 17.3 Å². The van der Waals surface area contributed by atoms with Gasteiger partial charge in [0.25, 0.3) is 0 Å². The first-order valence-electron chi connectivity index (χ1n) is 6.48. The van der Waals surface area contributed by atoms with Gasteiger partial charge in [-0.1, -0.05) is 12.1 Å². The van der Waals surface area contributed by atoms with Crippen molar-refractivity contribution in [3.8, 4) is 5.75 Å². The number of ether oxygens (including phenoxy) is 1. The number of nitrogen functional groups attached to an aromatic ring is 1. The lowest BCUT2D eigenvalue weighted by Gasteiger charge is -2.10. The minimum absolute atomic E-state index is 0.0346. The molecule has 0 atom stereocenters. The Labute approximate surface area is 127 Å². The van der Waals surface area contributed by atoms with Gasteiger partial charge in [0.15, 0.2) is 5.78 Å². The van der Waals surface area contributed by atoms with Crippen molar-refractivity contribution in [2.45, 2.75) is 11.8 Å². The number of halogens is 1. The Morgan fingerprint density at radius 3 is 2.81 bits per heavy atom. The molecule has 0 bridgehead atoms. The molecule has 0 fully saturated rings. The van der Waals surface area contributed by atoms with Gasteiger partial charge in [0.1, 0.15) is 11.6 Å². The molecule has 5 heteroatoms. The molecule has 0 aliphatic carbocycles. The van der Waals surface area contributed by atoms with E-state index in [0.29, 0.717) is 34.3 Å². The highest BCUT2D eigenvalue weighted by molar-refractivity contribution is 7.99. The average molecular weight is 305 g/mol. The first kappa shape index (κ1) is 15.4. The lowest BCUT2D eigenvalue weighted by molar-refractivity contribution is 0.101. The molecule has 0 radical (unpaired) electrons. The van der Waals surface area contributed by atoms with Crippen molar-refractivity contribution in [2.24, 2.45) is 0 Å². The zero-order chi connectivity index (χ0) is 15.2. The Bertz CT molecular complexity index is 646. The molecule has 2 aromatic rings. The van der Waals surface area contributed by atoms with E-state index < -0.39 is 0 Å². The molecule has 0 unspecified atom stereocenters. The fourth-order valence-electron chi connectivity index (χ4n) is 1.82. The smallest absolute Gasteiger partial charge is 0.163 e. The molecule has 0 aliphatic rings. The molecule has 110 valence electrons. The Morgan fingerprint density at radius 2 is 2.05 bits per heavy atom. The molecule has 2 N–H and O–H groups in total. The van der Waals surface area contributed by atoms with E-state index in [1.165, 1.54) is 30.8 Å². The summed E-state index contributed by atoms with van der Waals surface area (Å²) in [6.45, 7) is 1.91. The van der Waals surface area contributed by atoms with E-state index in [2.05, 4.69) is 0 Å².